The number of para-hydroxylation sites is 2. The number of nitrogens with zero attached hydrogens (tertiary/aromatic N) is 4. The minimum Gasteiger partial charge on any atom is -0.391 e. The van der Waals surface area contributed by atoms with E-state index >= 15 is 0 Å². The number of hydrogen-bond acceptors (Lipinski definition) is 4. The van der Waals surface area contributed by atoms with Crippen molar-refractivity contribution in [3.05, 3.63) is 54.0 Å². The van der Waals surface area contributed by atoms with E-state index in [1.54, 1.807) is 0 Å². The van der Waals surface area contributed by atoms with Crippen LogP contribution in [0.1, 0.15) is 36.6 Å². The van der Waals surface area contributed by atoms with Crippen LogP contribution >= 0.6 is 0 Å². The van der Waals surface area contributed by atoms with Gasteiger partial charge in [-0.3, -0.25) is 0 Å². The van der Waals surface area contributed by atoms with Gasteiger partial charge in [0, 0.05) is 18.8 Å². The molecule has 0 radical (unpaired) electrons. The minimum atomic E-state index is -0.313. The third kappa shape index (κ3) is 2.56. The highest BCUT2D eigenvalue weighted by atomic mass is 16.3. The van der Waals surface area contributed by atoms with Crippen molar-refractivity contribution in [2.75, 3.05) is 18.0 Å². The fourth-order valence-corrected chi connectivity index (χ4v) is 5.72. The van der Waals surface area contributed by atoms with Gasteiger partial charge in [0.15, 0.2) is 0 Å². The first-order valence-corrected chi connectivity index (χ1v) is 10.6. The third-order valence-electron chi connectivity index (χ3n) is 7.18. The van der Waals surface area contributed by atoms with Crippen molar-refractivity contribution in [1.29, 1.82) is 0 Å². The molecule has 1 saturated heterocycles. The first-order chi connectivity index (χ1) is 13.8. The number of aliphatic hydroxyl groups excluding tert-OH is 1. The SMILES string of the molecule is O[C@@H]1C[C@H]2CN(c3ccc4c(n3)CCC4)C[C@H]2C[C@H]1n1cnc2ccccc21. The molecule has 2 fully saturated rings. The van der Waals surface area contributed by atoms with Gasteiger partial charge in [-0.05, 0) is 67.7 Å². The van der Waals surface area contributed by atoms with Crippen molar-refractivity contribution in [3.63, 3.8) is 0 Å². The molecule has 3 aliphatic rings. The van der Waals surface area contributed by atoms with Gasteiger partial charge in [0.2, 0.25) is 0 Å². The molecule has 6 rings (SSSR count). The van der Waals surface area contributed by atoms with E-state index in [1.807, 2.05) is 18.5 Å². The fourth-order valence-electron chi connectivity index (χ4n) is 5.72. The summed E-state index contributed by atoms with van der Waals surface area (Å²) in [5, 5.41) is 10.9. The molecule has 0 bridgehead atoms. The van der Waals surface area contributed by atoms with Gasteiger partial charge < -0.3 is 14.6 Å². The van der Waals surface area contributed by atoms with Crippen LogP contribution in [0.15, 0.2) is 42.7 Å². The molecule has 2 aromatic heterocycles. The zero-order valence-corrected chi connectivity index (χ0v) is 16.0. The maximum Gasteiger partial charge on any atom is 0.128 e. The van der Waals surface area contributed by atoms with E-state index in [1.165, 1.54) is 24.1 Å². The second-order valence-corrected chi connectivity index (χ2v) is 8.80. The molecule has 0 spiro atoms. The number of rotatable bonds is 2. The van der Waals surface area contributed by atoms with Gasteiger partial charge in [-0.15, -0.1) is 0 Å². The summed E-state index contributed by atoms with van der Waals surface area (Å²) in [6.07, 6.45) is 7.01. The maximum absolute atomic E-state index is 10.9. The number of imidazole rings is 1. The van der Waals surface area contributed by atoms with E-state index in [-0.39, 0.29) is 12.1 Å². The Morgan fingerprint density at radius 2 is 1.82 bits per heavy atom. The van der Waals surface area contributed by atoms with E-state index in [0.29, 0.717) is 11.8 Å². The summed E-state index contributed by atoms with van der Waals surface area (Å²) in [6, 6.07) is 12.8. The van der Waals surface area contributed by atoms with Crippen LogP contribution in [0.25, 0.3) is 11.0 Å². The van der Waals surface area contributed by atoms with Crippen molar-refractivity contribution in [2.45, 2.75) is 44.2 Å². The number of hydrogen-bond donors (Lipinski definition) is 1. The lowest BCUT2D eigenvalue weighted by atomic mass is 9.77. The van der Waals surface area contributed by atoms with Gasteiger partial charge in [0.1, 0.15) is 5.82 Å². The average molecular weight is 374 g/mol. The third-order valence-corrected chi connectivity index (χ3v) is 7.18. The summed E-state index contributed by atoms with van der Waals surface area (Å²) in [7, 11) is 0. The Kier molecular flexibility index (Phi) is 3.73. The Balaban J connectivity index is 1.25. The lowest BCUT2D eigenvalue weighted by molar-refractivity contribution is 0.0375. The monoisotopic (exact) mass is 374 g/mol. The largest absolute Gasteiger partial charge is 0.391 e. The van der Waals surface area contributed by atoms with Gasteiger partial charge in [0.05, 0.1) is 29.5 Å². The molecule has 2 aliphatic carbocycles. The predicted octanol–water partition coefficient (Wildman–Crippen LogP) is 3.37. The molecule has 28 heavy (non-hydrogen) atoms. The van der Waals surface area contributed by atoms with E-state index in [9.17, 15) is 5.11 Å². The van der Waals surface area contributed by atoms with Crippen LogP contribution in [-0.2, 0) is 12.8 Å². The average Bonchev–Trinajstić information content (AvgIpc) is 3.44. The normalized spacial score (nSPS) is 29.2. The van der Waals surface area contributed by atoms with Crippen molar-refractivity contribution >= 4 is 16.9 Å². The van der Waals surface area contributed by atoms with Crippen molar-refractivity contribution < 1.29 is 5.11 Å². The molecule has 1 aromatic carbocycles. The molecule has 1 N–H and O–H groups in total. The van der Waals surface area contributed by atoms with E-state index in [4.69, 9.17) is 4.98 Å². The molecular weight excluding hydrogens is 348 g/mol. The van der Waals surface area contributed by atoms with E-state index in [2.05, 4.69) is 38.7 Å². The van der Waals surface area contributed by atoms with Crippen LogP contribution in [0, 0.1) is 11.8 Å². The number of aromatic nitrogens is 3. The summed E-state index contributed by atoms with van der Waals surface area (Å²) in [4.78, 5) is 12.0. The molecule has 0 unspecified atom stereocenters. The standard InChI is InChI=1S/C23H26N4O/c28-22-11-17-13-26(23-9-8-15-4-3-6-18(15)25-23)12-16(17)10-21(22)27-14-24-19-5-1-2-7-20(19)27/h1-2,5,7-9,14,16-17,21-22,28H,3-4,6,10-13H2/t16-,17+,21-,22-/m1/s1. The molecule has 5 heteroatoms. The van der Waals surface area contributed by atoms with Crippen molar-refractivity contribution in [2.24, 2.45) is 11.8 Å². The quantitative estimate of drug-likeness (QED) is 0.747. The zero-order valence-electron chi connectivity index (χ0n) is 16.0. The van der Waals surface area contributed by atoms with Crippen LogP contribution in [0.5, 0.6) is 0 Å². The van der Waals surface area contributed by atoms with Crippen LogP contribution in [0.3, 0.4) is 0 Å². The predicted molar refractivity (Wildman–Crippen MR) is 109 cm³/mol. The topological polar surface area (TPSA) is 54.2 Å². The van der Waals surface area contributed by atoms with Crippen LogP contribution in [0.2, 0.25) is 0 Å². The molecule has 3 aromatic rings. The number of aliphatic hydroxyl groups is 1. The zero-order chi connectivity index (χ0) is 18.7. The summed E-state index contributed by atoms with van der Waals surface area (Å²) in [5.74, 6) is 2.29. The van der Waals surface area contributed by atoms with Crippen LogP contribution in [0.4, 0.5) is 5.82 Å². The van der Waals surface area contributed by atoms with Gasteiger partial charge in [-0.2, -0.15) is 0 Å². The van der Waals surface area contributed by atoms with Gasteiger partial charge in [0.25, 0.3) is 0 Å². The van der Waals surface area contributed by atoms with Crippen LogP contribution < -0.4 is 4.90 Å². The molecule has 3 heterocycles. The number of aryl methyl sites for hydroxylation is 2. The summed E-state index contributed by atoms with van der Waals surface area (Å²) in [6.45, 7) is 2.07. The van der Waals surface area contributed by atoms with Gasteiger partial charge in [-0.25, -0.2) is 9.97 Å². The Hall–Kier alpha value is -2.40. The molecule has 0 amide bonds. The van der Waals surface area contributed by atoms with Gasteiger partial charge in [-0.1, -0.05) is 18.2 Å². The summed E-state index contributed by atoms with van der Waals surface area (Å²) >= 11 is 0. The molecule has 4 atom stereocenters. The smallest absolute Gasteiger partial charge is 0.128 e. The highest BCUT2D eigenvalue weighted by molar-refractivity contribution is 5.75. The van der Waals surface area contributed by atoms with Crippen LogP contribution in [-0.4, -0.2) is 38.8 Å². The van der Waals surface area contributed by atoms with Gasteiger partial charge >= 0.3 is 0 Å². The van der Waals surface area contributed by atoms with Crippen molar-refractivity contribution in [1.82, 2.24) is 14.5 Å². The minimum absolute atomic E-state index is 0.113. The molecule has 5 nitrogen and oxygen atoms in total. The maximum atomic E-state index is 10.9. The molecule has 1 aliphatic heterocycles. The van der Waals surface area contributed by atoms with E-state index < -0.39 is 0 Å². The summed E-state index contributed by atoms with van der Waals surface area (Å²) < 4.78 is 2.20. The molecular formula is C23H26N4O. The fraction of sp³-hybridized carbons (Fsp3) is 0.478. The number of benzene rings is 1. The highest BCUT2D eigenvalue weighted by Crippen LogP contribution is 2.43. The Morgan fingerprint density at radius 3 is 2.75 bits per heavy atom. The van der Waals surface area contributed by atoms with E-state index in [0.717, 1.165) is 49.2 Å². The second-order valence-electron chi connectivity index (χ2n) is 8.80. The second kappa shape index (κ2) is 6.31. The lowest BCUT2D eigenvalue weighted by Gasteiger charge is -2.36. The first-order valence-electron chi connectivity index (χ1n) is 10.6. The van der Waals surface area contributed by atoms with Crippen molar-refractivity contribution in [3.8, 4) is 0 Å². The summed E-state index contributed by atoms with van der Waals surface area (Å²) in [5.41, 5.74) is 4.87. The Morgan fingerprint density at radius 1 is 0.964 bits per heavy atom. The number of pyridine rings is 1. The number of fused-ring (bicyclic) bond motifs is 3. The first kappa shape index (κ1) is 16.5. The number of anilines is 1. The Bertz CT molecular complexity index is 1030. The lowest BCUT2D eigenvalue weighted by Crippen LogP contribution is -2.36. The Labute approximate surface area is 165 Å². The highest BCUT2D eigenvalue weighted by Gasteiger charge is 2.43. The molecule has 144 valence electrons. The molecule has 1 saturated carbocycles.